The van der Waals surface area contributed by atoms with Crippen LogP contribution in [0.4, 0.5) is 0 Å². The molecule has 6 fully saturated rings. The maximum atomic E-state index is 12.6. The highest BCUT2D eigenvalue weighted by Crippen LogP contribution is 2.76. The zero-order chi connectivity index (χ0) is 48.4. The maximum absolute atomic E-state index is 12.6. The van der Waals surface area contributed by atoms with Gasteiger partial charge in [-0.2, -0.15) is 0 Å². The minimum atomic E-state index is -2.07. The Bertz CT molecular complexity index is 1990. The summed E-state index contributed by atoms with van der Waals surface area (Å²) in [5.74, 6) is -3.53. The van der Waals surface area contributed by atoms with Crippen LogP contribution in [0.1, 0.15) is 120 Å². The van der Waals surface area contributed by atoms with Gasteiger partial charge in [-0.05, 0) is 104 Å². The zero-order valence-electron chi connectivity index (χ0n) is 39.3. The molecule has 8 aliphatic rings. The van der Waals surface area contributed by atoms with E-state index in [0.717, 1.165) is 44.9 Å². The predicted molar refractivity (Wildman–Crippen MR) is 229 cm³/mol. The second kappa shape index (κ2) is 17.0. The van der Waals surface area contributed by atoms with Crippen LogP contribution < -0.4 is 0 Å². The quantitative estimate of drug-likeness (QED) is 0.119. The van der Waals surface area contributed by atoms with Gasteiger partial charge in [0.2, 0.25) is 12.1 Å². The van der Waals surface area contributed by atoms with Crippen molar-refractivity contribution >= 4 is 17.7 Å². The molecule has 21 atom stereocenters. The Morgan fingerprint density at radius 1 is 0.727 bits per heavy atom. The summed E-state index contributed by atoms with van der Waals surface area (Å²) in [6.45, 7) is 17.3. The topological polar surface area (TPSA) is 289 Å². The number of carbonyl (C=O) groups is 3. The van der Waals surface area contributed by atoms with Gasteiger partial charge in [-0.1, -0.05) is 60.1 Å². The van der Waals surface area contributed by atoms with E-state index < -0.39 is 91.2 Å². The van der Waals surface area contributed by atoms with E-state index in [-0.39, 0.29) is 81.3 Å². The lowest BCUT2D eigenvalue weighted by Gasteiger charge is -2.72. The van der Waals surface area contributed by atoms with Crippen LogP contribution >= 0.6 is 0 Å². The van der Waals surface area contributed by atoms with Crippen LogP contribution in [0.15, 0.2) is 23.2 Å². The molecule has 18 nitrogen and oxygen atoms in total. The molecule has 0 radical (unpaired) electrons. The van der Waals surface area contributed by atoms with Crippen molar-refractivity contribution in [3.63, 3.8) is 0 Å². The first-order valence-electron chi connectivity index (χ1n) is 23.7. The molecule has 0 aromatic heterocycles. The maximum Gasteiger partial charge on any atom is 0.335 e. The molecule has 0 aromatic rings. The molecular formula is C48H72O18. The number of aliphatic hydroxyl groups is 7. The summed E-state index contributed by atoms with van der Waals surface area (Å²) in [6.07, 6.45) is -12.0. The van der Waals surface area contributed by atoms with E-state index in [2.05, 4.69) is 47.6 Å². The number of Topliss-reactive ketones (excluding diaryl/α,β-unsaturated/α-hetero) is 1. The third kappa shape index (κ3) is 7.58. The molecule has 3 aliphatic heterocycles. The van der Waals surface area contributed by atoms with Crippen molar-refractivity contribution < 1.29 is 88.8 Å². The van der Waals surface area contributed by atoms with E-state index in [4.69, 9.17) is 28.4 Å². The number of carbonyl (C=O) groups excluding carboxylic acids is 1. The zero-order valence-corrected chi connectivity index (χ0v) is 39.3. The molecule has 0 spiro atoms. The first-order chi connectivity index (χ1) is 30.7. The Balaban J connectivity index is 1.06. The van der Waals surface area contributed by atoms with Crippen LogP contribution in [-0.2, 0) is 42.8 Å². The predicted octanol–water partition coefficient (Wildman–Crippen LogP) is 3.07. The monoisotopic (exact) mass is 936 g/mol. The van der Waals surface area contributed by atoms with Gasteiger partial charge in [0.25, 0.3) is 0 Å². The molecule has 372 valence electrons. The van der Waals surface area contributed by atoms with E-state index in [1.54, 1.807) is 6.92 Å². The first kappa shape index (κ1) is 49.7. The second-order valence-electron chi connectivity index (χ2n) is 23.0. The minimum Gasteiger partial charge on any atom is -0.502 e. The van der Waals surface area contributed by atoms with Gasteiger partial charge in [0.1, 0.15) is 42.4 Å². The number of aliphatic carboxylic acids is 2. The molecule has 4 saturated carbocycles. The molecule has 9 N–H and O–H groups in total. The number of carboxylic acids is 2. The van der Waals surface area contributed by atoms with Gasteiger partial charge in [0, 0.05) is 10.8 Å². The highest BCUT2D eigenvalue weighted by atomic mass is 16.8. The number of carboxylic acid groups (broad SMARTS) is 2. The van der Waals surface area contributed by atoms with Gasteiger partial charge >= 0.3 is 11.9 Å². The van der Waals surface area contributed by atoms with Gasteiger partial charge in [-0.15, -0.1) is 0 Å². The van der Waals surface area contributed by atoms with Gasteiger partial charge in [0.05, 0.1) is 25.2 Å². The molecule has 18 heteroatoms. The normalized spacial score (nSPS) is 51.3. The molecule has 3 heterocycles. The molecule has 0 aromatic carbocycles. The summed E-state index contributed by atoms with van der Waals surface area (Å²) >= 11 is 0. The third-order valence-corrected chi connectivity index (χ3v) is 18.9. The summed E-state index contributed by atoms with van der Waals surface area (Å²) in [4.78, 5) is 36.8. The Hall–Kier alpha value is -2.75. The van der Waals surface area contributed by atoms with Crippen molar-refractivity contribution in [2.75, 3.05) is 6.61 Å². The van der Waals surface area contributed by atoms with Crippen molar-refractivity contribution in [3.8, 4) is 0 Å². The molecular weight excluding hydrogens is 865 g/mol. The summed E-state index contributed by atoms with van der Waals surface area (Å²) in [6, 6.07) is 0. The SMILES string of the molecule is CC1=C(O)C(=O)CC(OC2CC(C)(C)CC3C4=CCC5C6(C)CCC(OC7OC(C(=O)O)C(O)C(O)C7OC7OC(C(=O)O)C(O)C(O)C7O)C(C)(CO)C6CCC5(C)C4(C)CCC23C)O1. The number of ether oxygens (including phenoxy) is 6. The van der Waals surface area contributed by atoms with Crippen molar-refractivity contribution in [1.82, 2.24) is 0 Å². The standard InChI is InChI=1S/C48H72O18/c1-21-30(51)24(50)17-29(61-21)62-28-19-43(2,3)18-23-22-9-10-26-45(5)13-12-27(46(6,20-49)25(45)11-14-48(26,8)47(22,7)16-15-44(23,28)4)63-42-38(34(55)33(54)37(65-42)40(59)60)66-41-35(56)31(52)32(53)36(64-41)39(57)58/h9,23,25-29,31-38,41-42,49,51-56H,10-20H2,1-8H3,(H,57,58)(H,59,60). The fourth-order valence-corrected chi connectivity index (χ4v) is 14.9. The molecule has 21 unspecified atom stereocenters. The van der Waals surface area contributed by atoms with Gasteiger partial charge in [-0.3, -0.25) is 4.79 Å². The first-order valence-corrected chi connectivity index (χ1v) is 23.7. The lowest BCUT2D eigenvalue weighted by atomic mass is 9.33. The summed E-state index contributed by atoms with van der Waals surface area (Å²) < 4.78 is 36.3. The van der Waals surface area contributed by atoms with Crippen LogP contribution in [0.5, 0.6) is 0 Å². The number of aliphatic hydroxyl groups excluding tert-OH is 7. The van der Waals surface area contributed by atoms with Gasteiger partial charge in [-0.25, -0.2) is 9.59 Å². The largest absolute Gasteiger partial charge is 0.502 e. The summed E-state index contributed by atoms with van der Waals surface area (Å²) in [7, 11) is 0. The van der Waals surface area contributed by atoms with E-state index in [1.807, 2.05) is 6.92 Å². The van der Waals surface area contributed by atoms with E-state index in [0.29, 0.717) is 12.8 Å². The van der Waals surface area contributed by atoms with Crippen LogP contribution in [0.3, 0.4) is 0 Å². The van der Waals surface area contributed by atoms with Crippen molar-refractivity contribution in [3.05, 3.63) is 23.2 Å². The Morgan fingerprint density at radius 2 is 1.36 bits per heavy atom. The lowest BCUT2D eigenvalue weighted by molar-refractivity contribution is -0.372. The fourth-order valence-electron chi connectivity index (χ4n) is 14.9. The van der Waals surface area contributed by atoms with Gasteiger partial charge < -0.3 is 74.4 Å². The molecule has 5 aliphatic carbocycles. The minimum absolute atomic E-state index is 0.0410. The van der Waals surface area contributed by atoms with Crippen molar-refractivity contribution in [2.24, 2.45) is 50.2 Å². The summed E-state index contributed by atoms with van der Waals surface area (Å²) in [5, 5.41) is 94.9. The number of ketones is 1. The number of fused-ring (bicyclic) bond motifs is 7. The number of hydrogen-bond donors (Lipinski definition) is 9. The van der Waals surface area contributed by atoms with Gasteiger partial charge in [0.15, 0.2) is 30.5 Å². The number of rotatable bonds is 9. The van der Waals surface area contributed by atoms with E-state index in [9.17, 15) is 60.3 Å². The second-order valence-corrected chi connectivity index (χ2v) is 23.0. The fraction of sp³-hybridized carbons (Fsp3) is 0.854. The Kier molecular flexibility index (Phi) is 12.8. The Labute approximate surface area is 385 Å². The summed E-state index contributed by atoms with van der Waals surface area (Å²) in [5.41, 5.74) is -0.397. The number of allylic oxidation sites excluding steroid dienone is 4. The molecule has 66 heavy (non-hydrogen) atoms. The average molecular weight is 937 g/mol. The molecule has 0 bridgehead atoms. The Morgan fingerprint density at radius 3 is 1.98 bits per heavy atom. The van der Waals surface area contributed by atoms with Crippen molar-refractivity contribution in [1.29, 1.82) is 0 Å². The van der Waals surface area contributed by atoms with Crippen LogP contribution in [-0.4, -0.2) is 150 Å². The van der Waals surface area contributed by atoms with E-state index >= 15 is 0 Å². The van der Waals surface area contributed by atoms with Crippen LogP contribution in [0.2, 0.25) is 0 Å². The van der Waals surface area contributed by atoms with E-state index in [1.165, 1.54) is 5.57 Å². The highest BCUT2D eigenvalue weighted by molar-refractivity contribution is 5.94. The lowest BCUT2D eigenvalue weighted by Crippen LogP contribution is -2.68. The number of hydrogen-bond acceptors (Lipinski definition) is 16. The smallest absolute Gasteiger partial charge is 0.335 e. The molecule has 0 amide bonds. The average Bonchev–Trinajstić information content (AvgIpc) is 3.24. The molecule has 8 rings (SSSR count). The highest BCUT2D eigenvalue weighted by Gasteiger charge is 2.70. The van der Waals surface area contributed by atoms with Crippen molar-refractivity contribution in [2.45, 2.75) is 200 Å². The van der Waals surface area contributed by atoms with Crippen LogP contribution in [0, 0.1) is 50.2 Å². The molecule has 2 saturated heterocycles. The third-order valence-electron chi connectivity index (χ3n) is 18.9. The van der Waals surface area contributed by atoms with Crippen LogP contribution in [0.25, 0.3) is 0 Å².